The van der Waals surface area contributed by atoms with E-state index in [0.717, 1.165) is 9.79 Å². The second kappa shape index (κ2) is 8.97. The number of non-ortho nitro benzene ring substituents is 1. The van der Waals surface area contributed by atoms with Crippen LogP contribution in [0.5, 0.6) is 0 Å². The van der Waals surface area contributed by atoms with Gasteiger partial charge < -0.3 is 10.6 Å². The average Bonchev–Trinajstić information content (AvgIpc) is 2.67. The van der Waals surface area contributed by atoms with Gasteiger partial charge in [-0.1, -0.05) is 53.2 Å². The van der Waals surface area contributed by atoms with Gasteiger partial charge in [0, 0.05) is 21.9 Å². The molecule has 0 fully saturated rings. The van der Waals surface area contributed by atoms with Crippen LogP contribution in [0.1, 0.15) is 0 Å². The number of carbonyl (C=O) groups is 1. The van der Waals surface area contributed by atoms with Gasteiger partial charge in [0.15, 0.2) is 0 Å². The van der Waals surface area contributed by atoms with E-state index in [1.54, 1.807) is 42.5 Å². The minimum absolute atomic E-state index is 0.0201. The summed E-state index contributed by atoms with van der Waals surface area (Å²) in [5, 5.41) is 16.8. The number of carbonyl (C=O) groups excluding carboxylic acids is 1. The Hall–Kier alpha value is -2.74. The Bertz CT molecular complexity index is 1010. The van der Waals surface area contributed by atoms with Crippen LogP contribution in [0.4, 0.5) is 21.9 Å². The fourth-order valence-corrected chi connectivity index (χ4v) is 3.70. The van der Waals surface area contributed by atoms with Crippen molar-refractivity contribution < 1.29 is 9.72 Å². The molecule has 0 saturated carbocycles. The predicted octanol–water partition coefficient (Wildman–Crippen LogP) is 6.70. The molecule has 0 aliphatic carbocycles. The third-order valence-electron chi connectivity index (χ3n) is 3.61. The molecule has 0 aliphatic heterocycles. The molecule has 0 aliphatic rings. The van der Waals surface area contributed by atoms with Crippen molar-refractivity contribution in [3.8, 4) is 0 Å². The first-order chi connectivity index (χ1) is 13.4. The van der Waals surface area contributed by atoms with Crippen LogP contribution >= 0.6 is 35.0 Å². The Balaban J connectivity index is 1.75. The smallest absolute Gasteiger partial charge is 0.307 e. The molecule has 3 aromatic carbocycles. The lowest BCUT2D eigenvalue weighted by atomic mass is 10.3. The molecule has 28 heavy (non-hydrogen) atoms. The topological polar surface area (TPSA) is 84.3 Å². The molecule has 0 aromatic heterocycles. The molecule has 0 radical (unpaired) electrons. The molecule has 0 spiro atoms. The summed E-state index contributed by atoms with van der Waals surface area (Å²) < 4.78 is 0. The van der Waals surface area contributed by atoms with Crippen molar-refractivity contribution in [2.45, 2.75) is 9.79 Å². The van der Waals surface area contributed by atoms with Gasteiger partial charge in [0.05, 0.1) is 26.3 Å². The molecule has 2 N–H and O–H groups in total. The van der Waals surface area contributed by atoms with Gasteiger partial charge in [-0.15, -0.1) is 0 Å². The largest absolute Gasteiger partial charge is 0.323 e. The number of para-hydroxylation sites is 2. The van der Waals surface area contributed by atoms with E-state index in [2.05, 4.69) is 10.6 Å². The number of rotatable bonds is 5. The van der Waals surface area contributed by atoms with Crippen molar-refractivity contribution in [1.82, 2.24) is 0 Å². The summed E-state index contributed by atoms with van der Waals surface area (Å²) in [4.78, 5) is 24.3. The minimum Gasteiger partial charge on any atom is -0.307 e. The van der Waals surface area contributed by atoms with E-state index >= 15 is 0 Å². The molecule has 3 rings (SSSR count). The average molecular weight is 434 g/mol. The van der Waals surface area contributed by atoms with E-state index in [9.17, 15) is 14.9 Å². The van der Waals surface area contributed by atoms with E-state index in [1.807, 2.05) is 12.1 Å². The number of nitro benzene ring substituents is 1. The van der Waals surface area contributed by atoms with Gasteiger partial charge in [0.25, 0.3) is 5.69 Å². The summed E-state index contributed by atoms with van der Waals surface area (Å²) >= 11 is 13.5. The molecule has 0 unspecified atom stereocenters. The van der Waals surface area contributed by atoms with Crippen molar-refractivity contribution >= 4 is 58.1 Å². The summed E-state index contributed by atoms with van der Waals surface area (Å²) in [5.74, 6) is 0. The maximum absolute atomic E-state index is 12.4. The molecular weight excluding hydrogens is 421 g/mol. The van der Waals surface area contributed by atoms with Gasteiger partial charge >= 0.3 is 6.03 Å². The Morgan fingerprint density at radius 2 is 1.54 bits per heavy atom. The lowest BCUT2D eigenvalue weighted by Crippen LogP contribution is -2.20. The number of amides is 2. The highest BCUT2D eigenvalue weighted by Crippen LogP contribution is 2.35. The van der Waals surface area contributed by atoms with Crippen LogP contribution in [0.3, 0.4) is 0 Å². The maximum Gasteiger partial charge on any atom is 0.323 e. The van der Waals surface area contributed by atoms with Crippen LogP contribution < -0.4 is 10.6 Å². The number of benzene rings is 3. The van der Waals surface area contributed by atoms with Crippen LogP contribution in [-0.2, 0) is 0 Å². The first-order valence-electron chi connectivity index (χ1n) is 7.97. The third kappa shape index (κ3) is 4.95. The Kier molecular flexibility index (Phi) is 6.41. The van der Waals surface area contributed by atoms with E-state index in [-0.39, 0.29) is 5.69 Å². The lowest BCUT2D eigenvalue weighted by Gasteiger charge is -2.13. The van der Waals surface area contributed by atoms with Gasteiger partial charge in [-0.3, -0.25) is 10.1 Å². The van der Waals surface area contributed by atoms with E-state index in [1.165, 1.54) is 23.9 Å². The summed E-state index contributed by atoms with van der Waals surface area (Å²) in [6.45, 7) is 0. The number of halogens is 2. The number of urea groups is 1. The van der Waals surface area contributed by atoms with Crippen molar-refractivity contribution in [2.24, 2.45) is 0 Å². The van der Waals surface area contributed by atoms with Crippen LogP contribution in [0.2, 0.25) is 10.0 Å². The zero-order chi connectivity index (χ0) is 20.1. The highest BCUT2D eigenvalue weighted by Gasteiger charge is 2.12. The molecular formula is C19H13Cl2N3O3S. The molecule has 0 atom stereocenters. The highest BCUT2D eigenvalue weighted by atomic mass is 35.5. The molecule has 0 heterocycles. The zero-order valence-corrected chi connectivity index (χ0v) is 16.5. The molecule has 0 saturated heterocycles. The van der Waals surface area contributed by atoms with Crippen molar-refractivity contribution in [3.05, 3.63) is 86.9 Å². The summed E-state index contributed by atoms with van der Waals surface area (Å²) in [5.41, 5.74) is 0.919. The molecule has 0 bridgehead atoms. The van der Waals surface area contributed by atoms with Crippen LogP contribution in [0, 0.1) is 10.1 Å². The minimum atomic E-state index is -0.494. The number of nitro groups is 1. The second-order valence-electron chi connectivity index (χ2n) is 5.53. The number of anilines is 2. The Labute approximate surface area is 175 Å². The molecule has 6 nitrogen and oxygen atoms in total. The standard InChI is InChI=1S/C19H13Cl2N3O3S/c20-14-4-3-5-15(21)18(14)23-19(25)22-16-6-1-2-7-17(16)28-13-10-8-12(9-11-13)24(26)27/h1-11H,(H2,22,23,25). The zero-order valence-electron chi connectivity index (χ0n) is 14.2. The van der Waals surface area contributed by atoms with E-state index in [0.29, 0.717) is 21.4 Å². The van der Waals surface area contributed by atoms with Crippen LogP contribution in [0.15, 0.2) is 76.5 Å². The monoisotopic (exact) mass is 433 g/mol. The van der Waals surface area contributed by atoms with Crippen LogP contribution in [0.25, 0.3) is 0 Å². The quantitative estimate of drug-likeness (QED) is 0.346. The van der Waals surface area contributed by atoms with Crippen molar-refractivity contribution in [2.75, 3.05) is 10.6 Å². The molecule has 2 amide bonds. The first kappa shape index (κ1) is 20.0. The predicted molar refractivity (Wildman–Crippen MR) is 113 cm³/mol. The van der Waals surface area contributed by atoms with Gasteiger partial charge in [-0.2, -0.15) is 0 Å². The fraction of sp³-hybridized carbons (Fsp3) is 0. The summed E-state index contributed by atoms with van der Waals surface area (Å²) in [6, 6.07) is 17.8. The number of hydrogen-bond donors (Lipinski definition) is 2. The first-order valence-corrected chi connectivity index (χ1v) is 9.54. The van der Waals surface area contributed by atoms with Crippen LogP contribution in [-0.4, -0.2) is 11.0 Å². The third-order valence-corrected chi connectivity index (χ3v) is 5.33. The Morgan fingerprint density at radius 1 is 0.893 bits per heavy atom. The normalized spacial score (nSPS) is 10.4. The van der Waals surface area contributed by atoms with Gasteiger partial charge in [0.2, 0.25) is 0 Å². The van der Waals surface area contributed by atoms with Gasteiger partial charge in [-0.05, 0) is 36.4 Å². The van der Waals surface area contributed by atoms with E-state index in [4.69, 9.17) is 23.2 Å². The summed E-state index contributed by atoms with van der Waals surface area (Å²) in [7, 11) is 0. The fourth-order valence-electron chi connectivity index (χ4n) is 2.31. The number of hydrogen-bond acceptors (Lipinski definition) is 4. The second-order valence-corrected chi connectivity index (χ2v) is 7.45. The molecule has 3 aromatic rings. The maximum atomic E-state index is 12.4. The number of nitrogens with zero attached hydrogens (tertiary/aromatic N) is 1. The lowest BCUT2D eigenvalue weighted by molar-refractivity contribution is -0.384. The number of nitrogens with one attached hydrogen (secondary N) is 2. The molecule has 9 heteroatoms. The Morgan fingerprint density at radius 3 is 2.18 bits per heavy atom. The van der Waals surface area contributed by atoms with Crippen molar-refractivity contribution in [3.63, 3.8) is 0 Å². The van der Waals surface area contributed by atoms with E-state index < -0.39 is 11.0 Å². The van der Waals surface area contributed by atoms with Crippen molar-refractivity contribution in [1.29, 1.82) is 0 Å². The SMILES string of the molecule is O=C(Nc1ccccc1Sc1ccc([N+](=O)[O-])cc1)Nc1c(Cl)cccc1Cl. The highest BCUT2D eigenvalue weighted by molar-refractivity contribution is 7.99. The van der Waals surface area contributed by atoms with Gasteiger partial charge in [0.1, 0.15) is 0 Å². The van der Waals surface area contributed by atoms with Gasteiger partial charge in [-0.25, -0.2) is 4.79 Å². The molecule has 142 valence electrons. The summed E-state index contributed by atoms with van der Waals surface area (Å²) in [6.07, 6.45) is 0.